The predicted molar refractivity (Wildman–Crippen MR) is 79.9 cm³/mol. The van der Waals surface area contributed by atoms with Gasteiger partial charge in [-0.05, 0) is 13.0 Å². The van der Waals surface area contributed by atoms with Crippen LogP contribution in [0.5, 0.6) is 17.2 Å². The minimum absolute atomic E-state index is 0.109. The van der Waals surface area contributed by atoms with E-state index in [0.29, 0.717) is 18.0 Å². The summed E-state index contributed by atoms with van der Waals surface area (Å²) in [7, 11) is 4.86. The molecular weight excluding hydrogens is 270 g/mol. The van der Waals surface area contributed by atoms with Gasteiger partial charge in [0.25, 0.3) is 0 Å². The van der Waals surface area contributed by atoms with E-state index in [1.807, 2.05) is 25.3 Å². The van der Waals surface area contributed by atoms with Crippen LogP contribution in [0.3, 0.4) is 0 Å². The van der Waals surface area contributed by atoms with Crippen LogP contribution < -0.4 is 19.5 Å². The summed E-state index contributed by atoms with van der Waals surface area (Å²) in [5, 5.41) is 3.39. The van der Waals surface area contributed by atoms with Gasteiger partial charge in [0.05, 0.1) is 27.4 Å². The Bertz CT molecular complexity index is 570. The zero-order valence-electron chi connectivity index (χ0n) is 12.8. The number of ether oxygens (including phenoxy) is 3. The minimum atomic E-state index is 0.109. The molecule has 0 bridgehead atoms. The zero-order valence-corrected chi connectivity index (χ0v) is 12.8. The molecule has 0 amide bonds. The van der Waals surface area contributed by atoms with Crippen LogP contribution in [-0.2, 0) is 6.54 Å². The molecule has 2 rings (SSSR count). The van der Waals surface area contributed by atoms with Crippen LogP contribution in [0.1, 0.15) is 24.4 Å². The monoisotopic (exact) mass is 291 g/mol. The molecule has 0 fully saturated rings. The first kappa shape index (κ1) is 15.2. The molecule has 1 atom stereocenters. The maximum Gasteiger partial charge on any atom is 0.164 e. The molecule has 1 aromatic heterocycles. The molecule has 0 aliphatic carbocycles. The first-order chi connectivity index (χ1) is 10.2. The van der Waals surface area contributed by atoms with Crippen LogP contribution in [-0.4, -0.2) is 31.3 Å². The molecule has 1 heterocycles. The van der Waals surface area contributed by atoms with Gasteiger partial charge >= 0.3 is 0 Å². The minimum Gasteiger partial charge on any atom is -0.496 e. The van der Waals surface area contributed by atoms with Crippen molar-refractivity contribution < 1.29 is 14.2 Å². The first-order valence-corrected chi connectivity index (χ1v) is 6.71. The number of imidazole rings is 1. The highest BCUT2D eigenvalue weighted by Gasteiger charge is 2.13. The number of hydrogen-bond donors (Lipinski definition) is 2. The van der Waals surface area contributed by atoms with Crippen LogP contribution in [0.25, 0.3) is 0 Å². The van der Waals surface area contributed by atoms with Crippen molar-refractivity contribution in [3.8, 4) is 17.2 Å². The van der Waals surface area contributed by atoms with Crippen molar-refractivity contribution in [2.75, 3.05) is 21.3 Å². The Labute approximate surface area is 124 Å². The van der Waals surface area contributed by atoms with Gasteiger partial charge in [0.2, 0.25) is 0 Å². The molecule has 0 saturated heterocycles. The van der Waals surface area contributed by atoms with Gasteiger partial charge in [-0.25, -0.2) is 4.98 Å². The summed E-state index contributed by atoms with van der Waals surface area (Å²) < 4.78 is 16.0. The molecule has 0 aliphatic heterocycles. The molecule has 1 unspecified atom stereocenters. The van der Waals surface area contributed by atoms with E-state index in [1.54, 1.807) is 27.5 Å². The Morgan fingerprint density at radius 3 is 2.33 bits per heavy atom. The van der Waals surface area contributed by atoms with E-state index >= 15 is 0 Å². The second-order valence-electron chi connectivity index (χ2n) is 4.60. The van der Waals surface area contributed by atoms with Gasteiger partial charge in [-0.2, -0.15) is 0 Å². The van der Waals surface area contributed by atoms with Crippen LogP contribution in [0.2, 0.25) is 0 Å². The van der Waals surface area contributed by atoms with Gasteiger partial charge in [-0.15, -0.1) is 0 Å². The maximum atomic E-state index is 5.41. The summed E-state index contributed by atoms with van der Waals surface area (Å²) >= 11 is 0. The standard InChI is InChI=1S/C15H21N3O3/c1-10(15-16-5-6-17-15)18-9-11-7-13(20-3)14(21-4)8-12(11)19-2/h5-8,10,18H,9H2,1-4H3,(H,16,17). The Morgan fingerprint density at radius 1 is 1.10 bits per heavy atom. The summed E-state index contributed by atoms with van der Waals surface area (Å²) in [6.07, 6.45) is 3.55. The SMILES string of the molecule is COc1cc(OC)c(OC)cc1CNC(C)c1ncc[nH]1. The number of rotatable bonds is 7. The third-order valence-electron chi connectivity index (χ3n) is 3.31. The fraction of sp³-hybridized carbons (Fsp3) is 0.400. The summed E-state index contributed by atoms with van der Waals surface area (Å²) in [4.78, 5) is 7.33. The number of aromatic amines is 1. The largest absolute Gasteiger partial charge is 0.496 e. The van der Waals surface area contributed by atoms with Gasteiger partial charge < -0.3 is 24.5 Å². The van der Waals surface area contributed by atoms with E-state index in [2.05, 4.69) is 15.3 Å². The smallest absolute Gasteiger partial charge is 0.164 e. The lowest BCUT2D eigenvalue weighted by Crippen LogP contribution is -2.19. The summed E-state index contributed by atoms with van der Waals surface area (Å²) in [5.74, 6) is 2.99. The van der Waals surface area contributed by atoms with Crippen LogP contribution in [0.15, 0.2) is 24.5 Å². The lowest BCUT2D eigenvalue weighted by molar-refractivity contribution is 0.346. The third kappa shape index (κ3) is 3.46. The number of H-pyrrole nitrogens is 1. The average Bonchev–Trinajstić information content (AvgIpc) is 3.06. The number of benzene rings is 1. The van der Waals surface area contributed by atoms with Crippen molar-refractivity contribution in [3.63, 3.8) is 0 Å². The highest BCUT2D eigenvalue weighted by atomic mass is 16.5. The van der Waals surface area contributed by atoms with E-state index < -0.39 is 0 Å². The van der Waals surface area contributed by atoms with E-state index in [4.69, 9.17) is 14.2 Å². The van der Waals surface area contributed by atoms with E-state index in [9.17, 15) is 0 Å². The first-order valence-electron chi connectivity index (χ1n) is 6.71. The van der Waals surface area contributed by atoms with Gasteiger partial charge in [0.1, 0.15) is 11.6 Å². The second-order valence-corrected chi connectivity index (χ2v) is 4.60. The van der Waals surface area contributed by atoms with Gasteiger partial charge in [0.15, 0.2) is 11.5 Å². The molecule has 0 spiro atoms. The Kier molecular flexibility index (Phi) is 5.05. The van der Waals surface area contributed by atoms with Gasteiger partial charge in [0, 0.05) is 30.6 Å². The van der Waals surface area contributed by atoms with Crippen molar-refractivity contribution in [1.82, 2.24) is 15.3 Å². The lowest BCUT2D eigenvalue weighted by atomic mass is 10.1. The maximum absolute atomic E-state index is 5.41. The molecule has 114 valence electrons. The molecule has 0 radical (unpaired) electrons. The number of hydrogen-bond acceptors (Lipinski definition) is 5. The number of nitrogens with one attached hydrogen (secondary N) is 2. The molecule has 21 heavy (non-hydrogen) atoms. The van der Waals surface area contributed by atoms with Crippen molar-refractivity contribution in [2.24, 2.45) is 0 Å². The van der Waals surface area contributed by atoms with Gasteiger partial charge in [-0.3, -0.25) is 0 Å². The van der Waals surface area contributed by atoms with Crippen molar-refractivity contribution in [1.29, 1.82) is 0 Å². The molecule has 0 aliphatic rings. The normalized spacial score (nSPS) is 12.0. The summed E-state index contributed by atoms with van der Waals surface area (Å²) in [6, 6.07) is 3.85. The highest BCUT2D eigenvalue weighted by molar-refractivity contribution is 5.50. The summed E-state index contributed by atoms with van der Waals surface area (Å²) in [6.45, 7) is 2.68. The third-order valence-corrected chi connectivity index (χ3v) is 3.31. The van der Waals surface area contributed by atoms with E-state index in [1.165, 1.54) is 0 Å². The van der Waals surface area contributed by atoms with Crippen LogP contribution >= 0.6 is 0 Å². The second kappa shape index (κ2) is 6.99. The van der Waals surface area contributed by atoms with Crippen molar-refractivity contribution in [3.05, 3.63) is 35.9 Å². The Hall–Kier alpha value is -2.21. The lowest BCUT2D eigenvalue weighted by Gasteiger charge is -2.16. The van der Waals surface area contributed by atoms with Crippen molar-refractivity contribution in [2.45, 2.75) is 19.5 Å². The van der Waals surface area contributed by atoms with E-state index in [0.717, 1.165) is 17.1 Å². The summed E-state index contributed by atoms with van der Waals surface area (Å²) in [5.41, 5.74) is 0.994. The number of aromatic nitrogens is 2. The van der Waals surface area contributed by atoms with E-state index in [-0.39, 0.29) is 6.04 Å². The predicted octanol–water partition coefficient (Wildman–Crippen LogP) is 2.29. The van der Waals surface area contributed by atoms with Crippen LogP contribution in [0.4, 0.5) is 0 Å². The molecule has 2 N–H and O–H groups in total. The molecular formula is C15H21N3O3. The molecule has 0 saturated carbocycles. The molecule has 1 aromatic carbocycles. The molecule has 6 nitrogen and oxygen atoms in total. The zero-order chi connectivity index (χ0) is 15.2. The van der Waals surface area contributed by atoms with Crippen LogP contribution in [0, 0.1) is 0 Å². The quantitative estimate of drug-likeness (QED) is 0.819. The fourth-order valence-electron chi connectivity index (χ4n) is 2.10. The van der Waals surface area contributed by atoms with Crippen molar-refractivity contribution >= 4 is 0 Å². The molecule has 2 aromatic rings. The molecule has 6 heteroatoms. The fourth-order valence-corrected chi connectivity index (χ4v) is 2.10. The highest BCUT2D eigenvalue weighted by Crippen LogP contribution is 2.34. The average molecular weight is 291 g/mol. The number of nitrogens with zero attached hydrogens (tertiary/aromatic N) is 1. The topological polar surface area (TPSA) is 68.4 Å². The van der Waals surface area contributed by atoms with Gasteiger partial charge in [-0.1, -0.05) is 0 Å². The Morgan fingerprint density at radius 2 is 1.76 bits per heavy atom. The number of methoxy groups -OCH3 is 3. The Balaban J connectivity index is 2.15.